The largest absolute Gasteiger partial charge is 0.496 e. The number of benzene rings is 2. The summed E-state index contributed by atoms with van der Waals surface area (Å²) < 4.78 is 11.0. The van der Waals surface area contributed by atoms with Crippen molar-refractivity contribution in [1.29, 1.82) is 0 Å². The molecule has 2 aromatic carbocycles. The van der Waals surface area contributed by atoms with Gasteiger partial charge in [0.1, 0.15) is 5.75 Å². The molecule has 0 radical (unpaired) electrons. The lowest BCUT2D eigenvalue weighted by Gasteiger charge is -2.37. The first kappa shape index (κ1) is 19.4. The van der Waals surface area contributed by atoms with Crippen LogP contribution in [0.5, 0.6) is 5.75 Å². The Hall–Kier alpha value is -3.54. The molecule has 0 saturated heterocycles. The minimum absolute atomic E-state index is 0.142. The zero-order valence-corrected chi connectivity index (χ0v) is 18.2. The molecule has 6 nitrogen and oxygen atoms in total. The van der Waals surface area contributed by atoms with Crippen molar-refractivity contribution in [3.05, 3.63) is 82.2 Å². The number of aromatic nitrogens is 2. The Kier molecular flexibility index (Phi) is 4.58. The monoisotopic (exact) mass is 415 g/mol. The molecule has 0 aliphatic carbocycles. The maximum Gasteiger partial charge on any atom is 0.292 e. The molecule has 1 N–H and O–H groups in total. The topological polar surface area (TPSA) is 71.4 Å². The number of rotatable bonds is 3. The van der Waals surface area contributed by atoms with Crippen LogP contribution in [-0.4, -0.2) is 34.4 Å². The van der Waals surface area contributed by atoms with Gasteiger partial charge in [-0.25, -0.2) is 4.98 Å². The molecule has 1 atom stereocenters. The lowest BCUT2D eigenvalue weighted by molar-refractivity contribution is 0.0658. The second kappa shape index (κ2) is 7.30. The van der Waals surface area contributed by atoms with Crippen LogP contribution in [0.1, 0.15) is 50.2 Å². The molecule has 1 aliphatic heterocycles. The van der Waals surface area contributed by atoms with Crippen LogP contribution in [-0.2, 0) is 6.42 Å². The van der Waals surface area contributed by atoms with E-state index in [1.807, 2.05) is 17.0 Å². The third-order valence-electron chi connectivity index (χ3n) is 6.53. The highest BCUT2D eigenvalue weighted by molar-refractivity contribution is 5.94. The molecule has 0 spiro atoms. The normalized spacial score (nSPS) is 15.9. The number of ether oxygens (including phenoxy) is 1. The Morgan fingerprint density at radius 3 is 2.71 bits per heavy atom. The van der Waals surface area contributed by atoms with Gasteiger partial charge in [-0.2, -0.15) is 0 Å². The molecule has 1 aliphatic rings. The summed E-state index contributed by atoms with van der Waals surface area (Å²) >= 11 is 0. The molecular formula is C25H25N3O3. The van der Waals surface area contributed by atoms with Gasteiger partial charge in [0.05, 0.1) is 18.8 Å². The number of carbonyl (C=O) groups excluding carboxylic acids is 1. The van der Waals surface area contributed by atoms with E-state index in [9.17, 15) is 4.79 Å². The first-order valence-corrected chi connectivity index (χ1v) is 10.5. The number of para-hydroxylation sites is 1. The smallest absolute Gasteiger partial charge is 0.292 e. The van der Waals surface area contributed by atoms with Gasteiger partial charge in [-0.15, -0.1) is 0 Å². The maximum atomic E-state index is 13.6. The summed E-state index contributed by atoms with van der Waals surface area (Å²) in [5.41, 5.74) is 7.29. The molecule has 31 heavy (non-hydrogen) atoms. The van der Waals surface area contributed by atoms with Gasteiger partial charge >= 0.3 is 0 Å². The first-order valence-electron chi connectivity index (χ1n) is 10.5. The summed E-state index contributed by atoms with van der Waals surface area (Å²) in [6, 6.07) is 12.1. The van der Waals surface area contributed by atoms with Crippen LogP contribution in [0, 0.1) is 20.8 Å². The van der Waals surface area contributed by atoms with Crippen LogP contribution in [0.15, 0.2) is 47.2 Å². The fourth-order valence-corrected chi connectivity index (χ4v) is 4.75. The lowest BCUT2D eigenvalue weighted by Crippen LogP contribution is -2.41. The molecule has 2 aromatic heterocycles. The summed E-state index contributed by atoms with van der Waals surface area (Å²) in [6.07, 6.45) is 2.11. The van der Waals surface area contributed by atoms with E-state index >= 15 is 0 Å². The number of nitrogens with zero attached hydrogens (tertiary/aromatic N) is 2. The third-order valence-corrected chi connectivity index (χ3v) is 6.53. The van der Waals surface area contributed by atoms with Crippen LogP contribution in [0.3, 0.4) is 0 Å². The highest BCUT2D eigenvalue weighted by Gasteiger charge is 2.37. The predicted octanol–water partition coefficient (Wildman–Crippen LogP) is 4.88. The summed E-state index contributed by atoms with van der Waals surface area (Å²) in [5.74, 6) is 1.00. The molecule has 5 rings (SSSR count). The standard InChI is InChI=1S/C25H25N3O3/c1-14-15(2)21(30-4)10-9-17(14)23-22-19(18-7-5-6-8-20(18)27-22)11-12-28(23)25(29)24-16(3)26-13-31-24/h5-10,13,23,27H,11-12H2,1-4H3. The molecule has 0 bridgehead atoms. The van der Waals surface area contributed by atoms with Crippen molar-refractivity contribution in [3.8, 4) is 5.75 Å². The zero-order valence-electron chi connectivity index (χ0n) is 18.2. The van der Waals surface area contributed by atoms with Crippen molar-refractivity contribution in [1.82, 2.24) is 14.9 Å². The maximum absolute atomic E-state index is 13.6. The van der Waals surface area contributed by atoms with E-state index in [0.29, 0.717) is 18.0 Å². The average Bonchev–Trinajstić information content (AvgIpc) is 3.38. The van der Waals surface area contributed by atoms with Crippen molar-refractivity contribution in [3.63, 3.8) is 0 Å². The first-order chi connectivity index (χ1) is 15.0. The molecule has 6 heteroatoms. The van der Waals surface area contributed by atoms with Crippen molar-refractivity contribution in [2.24, 2.45) is 0 Å². The summed E-state index contributed by atoms with van der Waals surface area (Å²) in [6.45, 7) is 6.54. The average molecular weight is 415 g/mol. The minimum atomic E-state index is -0.252. The van der Waals surface area contributed by atoms with Crippen LogP contribution in [0.2, 0.25) is 0 Å². The van der Waals surface area contributed by atoms with Crippen molar-refractivity contribution >= 4 is 16.8 Å². The Labute approximate surface area is 180 Å². The summed E-state index contributed by atoms with van der Waals surface area (Å²) in [4.78, 5) is 23.2. The quantitative estimate of drug-likeness (QED) is 0.518. The molecule has 158 valence electrons. The number of methoxy groups -OCH3 is 1. The number of aromatic amines is 1. The minimum Gasteiger partial charge on any atom is -0.496 e. The van der Waals surface area contributed by atoms with E-state index in [1.165, 1.54) is 17.3 Å². The SMILES string of the molecule is COc1ccc(C2c3[nH]c4ccccc4c3CCN2C(=O)c2ocnc2C)c(C)c1C. The molecule has 0 fully saturated rings. The highest BCUT2D eigenvalue weighted by Crippen LogP contribution is 2.41. The summed E-state index contributed by atoms with van der Waals surface area (Å²) in [7, 11) is 1.68. The van der Waals surface area contributed by atoms with Gasteiger partial charge in [0.15, 0.2) is 6.39 Å². The highest BCUT2D eigenvalue weighted by atomic mass is 16.5. The molecule has 0 saturated carbocycles. The number of aryl methyl sites for hydroxylation is 1. The molecular weight excluding hydrogens is 390 g/mol. The number of amides is 1. The van der Waals surface area contributed by atoms with Crippen LogP contribution >= 0.6 is 0 Å². The number of H-pyrrole nitrogens is 1. The van der Waals surface area contributed by atoms with Gasteiger partial charge in [0, 0.05) is 23.1 Å². The van der Waals surface area contributed by atoms with E-state index in [1.54, 1.807) is 14.0 Å². The Balaban J connectivity index is 1.72. The lowest BCUT2D eigenvalue weighted by atomic mass is 9.88. The predicted molar refractivity (Wildman–Crippen MR) is 119 cm³/mol. The van der Waals surface area contributed by atoms with Gasteiger partial charge in [-0.3, -0.25) is 4.79 Å². The number of oxazole rings is 1. The number of nitrogens with one attached hydrogen (secondary N) is 1. The molecule has 1 unspecified atom stereocenters. The third kappa shape index (κ3) is 2.93. The Morgan fingerprint density at radius 2 is 1.97 bits per heavy atom. The molecule has 1 amide bonds. The number of fused-ring (bicyclic) bond motifs is 3. The van der Waals surface area contributed by atoms with Crippen molar-refractivity contribution in [2.75, 3.05) is 13.7 Å². The van der Waals surface area contributed by atoms with Crippen LogP contribution in [0.25, 0.3) is 10.9 Å². The fourth-order valence-electron chi connectivity index (χ4n) is 4.75. The number of hydrogen-bond acceptors (Lipinski definition) is 4. The van der Waals surface area contributed by atoms with E-state index in [4.69, 9.17) is 9.15 Å². The van der Waals surface area contributed by atoms with Gasteiger partial charge in [-0.1, -0.05) is 24.3 Å². The second-order valence-electron chi connectivity index (χ2n) is 8.09. The van der Waals surface area contributed by atoms with Gasteiger partial charge < -0.3 is 19.0 Å². The van der Waals surface area contributed by atoms with E-state index in [0.717, 1.165) is 40.1 Å². The Bertz CT molecular complexity index is 1300. The Morgan fingerprint density at radius 1 is 1.16 bits per heavy atom. The summed E-state index contributed by atoms with van der Waals surface area (Å²) in [5, 5.41) is 1.22. The van der Waals surface area contributed by atoms with Crippen molar-refractivity contribution < 1.29 is 13.9 Å². The van der Waals surface area contributed by atoms with E-state index in [-0.39, 0.29) is 11.9 Å². The number of hydrogen-bond donors (Lipinski definition) is 1. The van der Waals surface area contributed by atoms with E-state index < -0.39 is 0 Å². The van der Waals surface area contributed by atoms with Gasteiger partial charge in [0.25, 0.3) is 5.91 Å². The molecule has 4 aromatic rings. The van der Waals surface area contributed by atoms with E-state index in [2.05, 4.69) is 48.1 Å². The van der Waals surface area contributed by atoms with Crippen LogP contribution in [0.4, 0.5) is 0 Å². The van der Waals surface area contributed by atoms with Crippen LogP contribution < -0.4 is 4.74 Å². The van der Waals surface area contributed by atoms with Gasteiger partial charge in [-0.05, 0) is 61.6 Å². The fraction of sp³-hybridized carbons (Fsp3) is 0.280. The van der Waals surface area contributed by atoms with Crippen molar-refractivity contribution in [2.45, 2.75) is 33.2 Å². The number of carbonyl (C=O) groups is 1. The molecule has 3 heterocycles. The van der Waals surface area contributed by atoms with Gasteiger partial charge in [0.2, 0.25) is 5.76 Å². The zero-order chi connectivity index (χ0) is 21.7. The second-order valence-corrected chi connectivity index (χ2v) is 8.09.